The Morgan fingerprint density at radius 2 is 1.81 bits per heavy atom. The Bertz CT molecular complexity index is 292. The van der Waals surface area contributed by atoms with E-state index in [4.69, 9.17) is 9.84 Å². The van der Waals surface area contributed by atoms with Crippen molar-refractivity contribution in [2.45, 2.75) is 39.2 Å². The molecule has 0 aromatic heterocycles. The van der Waals surface area contributed by atoms with Crippen LogP contribution in [0.5, 0.6) is 0 Å². The van der Waals surface area contributed by atoms with Crippen LogP contribution in [0.3, 0.4) is 0 Å². The van der Waals surface area contributed by atoms with Crippen molar-refractivity contribution in [3.63, 3.8) is 0 Å². The minimum atomic E-state index is -1.39. The normalized spacial score (nSPS) is 20.2. The third-order valence-electron chi connectivity index (χ3n) is 3.11. The number of rotatable bonds is 3. The largest absolute Gasteiger partial charge is 0.480 e. The number of hydrogen-bond donors (Lipinski definition) is 2. The van der Waals surface area contributed by atoms with Gasteiger partial charge in [0.25, 0.3) is 0 Å². The SMILES string of the molecule is CC1(NC(=O)C(C)(C)C(=O)O)CCOCC1. The van der Waals surface area contributed by atoms with Gasteiger partial charge in [0.1, 0.15) is 5.41 Å². The summed E-state index contributed by atoms with van der Waals surface area (Å²) in [6.07, 6.45) is 1.43. The lowest BCUT2D eigenvalue weighted by Crippen LogP contribution is -2.54. The molecule has 1 aliphatic rings. The smallest absolute Gasteiger partial charge is 0.318 e. The maximum atomic E-state index is 11.8. The van der Waals surface area contributed by atoms with Gasteiger partial charge >= 0.3 is 5.97 Å². The molecule has 92 valence electrons. The lowest BCUT2D eigenvalue weighted by molar-refractivity contribution is -0.154. The highest BCUT2D eigenvalue weighted by molar-refractivity contribution is 6.01. The zero-order valence-electron chi connectivity index (χ0n) is 10.0. The van der Waals surface area contributed by atoms with Crippen LogP contribution >= 0.6 is 0 Å². The zero-order valence-corrected chi connectivity index (χ0v) is 10.0. The number of carboxylic acid groups (broad SMARTS) is 1. The molecule has 0 aromatic carbocycles. The Morgan fingerprint density at radius 1 is 1.31 bits per heavy atom. The first-order valence-electron chi connectivity index (χ1n) is 5.42. The lowest BCUT2D eigenvalue weighted by atomic mass is 9.87. The van der Waals surface area contributed by atoms with Gasteiger partial charge in [-0.15, -0.1) is 0 Å². The highest BCUT2D eigenvalue weighted by atomic mass is 16.5. The van der Waals surface area contributed by atoms with Crippen LogP contribution in [0.4, 0.5) is 0 Å². The van der Waals surface area contributed by atoms with E-state index in [1.807, 2.05) is 6.92 Å². The molecule has 0 spiro atoms. The second-order valence-electron chi connectivity index (χ2n) is 5.06. The van der Waals surface area contributed by atoms with E-state index in [9.17, 15) is 9.59 Å². The van der Waals surface area contributed by atoms with Crippen LogP contribution in [0.2, 0.25) is 0 Å². The summed E-state index contributed by atoms with van der Waals surface area (Å²) in [4.78, 5) is 22.8. The fourth-order valence-corrected chi connectivity index (χ4v) is 1.47. The summed E-state index contributed by atoms with van der Waals surface area (Å²) in [7, 11) is 0. The van der Waals surface area contributed by atoms with Crippen molar-refractivity contribution in [1.29, 1.82) is 0 Å². The quantitative estimate of drug-likeness (QED) is 0.701. The van der Waals surface area contributed by atoms with Gasteiger partial charge in [-0.25, -0.2) is 0 Å². The van der Waals surface area contributed by atoms with E-state index >= 15 is 0 Å². The molecule has 0 bridgehead atoms. The minimum Gasteiger partial charge on any atom is -0.480 e. The molecule has 0 unspecified atom stereocenters. The second-order valence-corrected chi connectivity index (χ2v) is 5.06. The second kappa shape index (κ2) is 4.41. The highest BCUT2D eigenvalue weighted by Crippen LogP contribution is 2.23. The van der Waals surface area contributed by atoms with Crippen molar-refractivity contribution in [2.75, 3.05) is 13.2 Å². The predicted octanol–water partition coefficient (Wildman–Crippen LogP) is 0.782. The Hall–Kier alpha value is -1.10. The first kappa shape index (κ1) is 13.0. The van der Waals surface area contributed by atoms with Crippen molar-refractivity contribution >= 4 is 11.9 Å². The van der Waals surface area contributed by atoms with Gasteiger partial charge in [-0.05, 0) is 33.6 Å². The first-order valence-corrected chi connectivity index (χ1v) is 5.42. The zero-order chi connectivity index (χ0) is 12.4. The number of nitrogens with one attached hydrogen (secondary N) is 1. The van der Waals surface area contributed by atoms with Gasteiger partial charge in [0.15, 0.2) is 0 Å². The molecule has 5 nitrogen and oxygen atoms in total. The summed E-state index contributed by atoms with van der Waals surface area (Å²) in [6.45, 7) is 5.95. The van der Waals surface area contributed by atoms with Gasteiger partial charge in [-0.1, -0.05) is 0 Å². The fourth-order valence-electron chi connectivity index (χ4n) is 1.47. The molecule has 0 radical (unpaired) electrons. The molecule has 1 rings (SSSR count). The fraction of sp³-hybridized carbons (Fsp3) is 0.818. The molecular formula is C11H19NO4. The number of aliphatic carboxylic acids is 1. The number of ether oxygens (including phenoxy) is 1. The third-order valence-corrected chi connectivity index (χ3v) is 3.11. The molecule has 1 fully saturated rings. The molecule has 1 aliphatic heterocycles. The number of carbonyl (C=O) groups is 2. The minimum absolute atomic E-state index is 0.345. The van der Waals surface area contributed by atoms with Crippen molar-refractivity contribution in [3.05, 3.63) is 0 Å². The molecular weight excluding hydrogens is 210 g/mol. The summed E-state index contributed by atoms with van der Waals surface area (Å²) >= 11 is 0. The van der Waals surface area contributed by atoms with Gasteiger partial charge < -0.3 is 15.2 Å². The van der Waals surface area contributed by atoms with Crippen LogP contribution in [0.1, 0.15) is 33.6 Å². The van der Waals surface area contributed by atoms with E-state index in [2.05, 4.69) is 5.32 Å². The van der Waals surface area contributed by atoms with Crippen LogP contribution < -0.4 is 5.32 Å². The van der Waals surface area contributed by atoms with Crippen molar-refractivity contribution in [3.8, 4) is 0 Å². The van der Waals surface area contributed by atoms with Crippen molar-refractivity contribution in [2.24, 2.45) is 5.41 Å². The molecule has 0 saturated carbocycles. The van der Waals surface area contributed by atoms with Gasteiger partial charge in [0, 0.05) is 18.8 Å². The van der Waals surface area contributed by atoms with E-state index in [-0.39, 0.29) is 5.54 Å². The molecule has 5 heteroatoms. The van der Waals surface area contributed by atoms with E-state index in [1.54, 1.807) is 0 Å². The van der Waals surface area contributed by atoms with Gasteiger partial charge in [-0.3, -0.25) is 9.59 Å². The van der Waals surface area contributed by atoms with E-state index < -0.39 is 17.3 Å². The molecule has 2 N–H and O–H groups in total. The monoisotopic (exact) mass is 229 g/mol. The molecule has 1 heterocycles. The lowest BCUT2D eigenvalue weighted by Gasteiger charge is -2.36. The average Bonchev–Trinajstić information content (AvgIpc) is 2.17. The Labute approximate surface area is 95.2 Å². The standard InChI is InChI=1S/C11H19NO4/c1-10(2,9(14)15)8(13)12-11(3)4-6-16-7-5-11/h4-7H2,1-3H3,(H,12,13)(H,14,15). The Kier molecular flexibility index (Phi) is 3.57. The summed E-state index contributed by atoms with van der Waals surface area (Å²) in [5.41, 5.74) is -1.73. The Morgan fingerprint density at radius 3 is 2.25 bits per heavy atom. The highest BCUT2D eigenvalue weighted by Gasteiger charge is 2.40. The number of hydrogen-bond acceptors (Lipinski definition) is 3. The molecule has 16 heavy (non-hydrogen) atoms. The molecule has 1 saturated heterocycles. The van der Waals surface area contributed by atoms with Gasteiger partial charge in [0.2, 0.25) is 5.91 Å². The summed E-state index contributed by atoms with van der Waals surface area (Å²) in [6, 6.07) is 0. The van der Waals surface area contributed by atoms with Crippen molar-refractivity contribution < 1.29 is 19.4 Å². The van der Waals surface area contributed by atoms with E-state index in [0.717, 1.165) is 0 Å². The third kappa shape index (κ3) is 2.72. The summed E-state index contributed by atoms with van der Waals surface area (Å²) in [5.74, 6) is -1.55. The molecule has 0 atom stereocenters. The molecule has 0 aliphatic carbocycles. The van der Waals surface area contributed by atoms with Crippen LogP contribution in [-0.4, -0.2) is 35.7 Å². The van der Waals surface area contributed by atoms with Gasteiger partial charge in [-0.2, -0.15) is 0 Å². The van der Waals surface area contributed by atoms with E-state index in [1.165, 1.54) is 13.8 Å². The maximum absolute atomic E-state index is 11.8. The number of amides is 1. The summed E-state index contributed by atoms with van der Waals surface area (Å²) < 4.78 is 5.21. The maximum Gasteiger partial charge on any atom is 0.318 e. The average molecular weight is 229 g/mol. The van der Waals surface area contributed by atoms with E-state index in [0.29, 0.717) is 26.1 Å². The van der Waals surface area contributed by atoms with Gasteiger partial charge in [0.05, 0.1) is 0 Å². The topological polar surface area (TPSA) is 75.6 Å². The van der Waals surface area contributed by atoms with Crippen LogP contribution in [0.15, 0.2) is 0 Å². The molecule has 0 aromatic rings. The van der Waals surface area contributed by atoms with Crippen LogP contribution in [0.25, 0.3) is 0 Å². The summed E-state index contributed by atoms with van der Waals surface area (Å²) in [5, 5.41) is 11.8. The Balaban J connectivity index is 2.66. The predicted molar refractivity (Wildman–Crippen MR) is 58.0 cm³/mol. The number of carboxylic acids is 1. The first-order chi connectivity index (χ1) is 7.28. The van der Waals surface area contributed by atoms with Crippen LogP contribution in [-0.2, 0) is 14.3 Å². The number of carbonyl (C=O) groups excluding carboxylic acids is 1. The van der Waals surface area contributed by atoms with Crippen LogP contribution in [0, 0.1) is 5.41 Å². The molecule has 1 amide bonds. The van der Waals surface area contributed by atoms with Crippen molar-refractivity contribution in [1.82, 2.24) is 5.32 Å².